The van der Waals surface area contributed by atoms with Gasteiger partial charge in [-0.1, -0.05) is 24.3 Å². The summed E-state index contributed by atoms with van der Waals surface area (Å²) in [7, 11) is 0. The van der Waals surface area contributed by atoms with Gasteiger partial charge in [0.15, 0.2) is 0 Å². The monoisotopic (exact) mass is 256 g/mol. The number of fused-ring (bicyclic) bond motifs is 1. The van der Waals surface area contributed by atoms with Gasteiger partial charge in [0.05, 0.1) is 5.52 Å². The van der Waals surface area contributed by atoms with Gasteiger partial charge in [-0.25, -0.2) is 9.18 Å². The molecule has 1 N–H and O–H groups in total. The normalized spacial score (nSPS) is 10.6. The number of nitrogens with one attached hydrogen (secondary N) is 1. The topological polar surface area (TPSA) is 55.1 Å². The van der Waals surface area contributed by atoms with E-state index in [0.717, 1.165) is 5.69 Å². The molecule has 0 aliphatic carbocycles. The third-order valence-electron chi connectivity index (χ3n) is 2.63. The van der Waals surface area contributed by atoms with E-state index in [2.05, 4.69) is 10.3 Å². The zero-order chi connectivity index (χ0) is 13.2. The van der Waals surface area contributed by atoms with Crippen molar-refractivity contribution in [2.45, 2.75) is 0 Å². The molecule has 0 aliphatic heterocycles. The Morgan fingerprint density at radius 3 is 2.63 bits per heavy atom. The first-order chi connectivity index (χ1) is 9.24. The van der Waals surface area contributed by atoms with Crippen molar-refractivity contribution in [1.82, 2.24) is 4.98 Å². The van der Waals surface area contributed by atoms with Crippen LogP contribution in [0.15, 0.2) is 57.7 Å². The number of nitrogens with zero attached hydrogens (tertiary/aromatic N) is 1. The van der Waals surface area contributed by atoms with E-state index in [1.165, 1.54) is 12.1 Å². The molecule has 3 rings (SSSR count). The van der Waals surface area contributed by atoms with Crippen LogP contribution in [0, 0.1) is 5.82 Å². The summed E-state index contributed by atoms with van der Waals surface area (Å²) in [6.45, 7) is 0. The van der Waals surface area contributed by atoms with Crippen LogP contribution in [0.5, 0.6) is 0 Å². The van der Waals surface area contributed by atoms with Crippen molar-refractivity contribution in [3.63, 3.8) is 0 Å². The minimum absolute atomic E-state index is 0.0364. The van der Waals surface area contributed by atoms with Crippen LogP contribution in [0.25, 0.3) is 10.9 Å². The summed E-state index contributed by atoms with van der Waals surface area (Å²) in [5, 5.41) is 2.72. The van der Waals surface area contributed by atoms with Crippen molar-refractivity contribution in [2.24, 2.45) is 0 Å². The summed E-state index contributed by atoms with van der Waals surface area (Å²) in [4.78, 5) is 15.8. The van der Waals surface area contributed by atoms with Crippen molar-refractivity contribution >= 4 is 22.6 Å². The molecule has 0 spiro atoms. The Kier molecular flexibility index (Phi) is 2.72. The van der Waals surface area contributed by atoms with E-state index in [4.69, 9.17) is 4.42 Å². The fourth-order valence-corrected chi connectivity index (χ4v) is 1.78. The van der Waals surface area contributed by atoms with Crippen LogP contribution >= 0.6 is 0 Å². The maximum Gasteiger partial charge on any atom is 0.351 e. The smallest absolute Gasteiger partial charge is 0.351 e. The molecule has 0 radical (unpaired) electrons. The van der Waals surface area contributed by atoms with Gasteiger partial charge >= 0.3 is 11.6 Å². The highest BCUT2D eigenvalue weighted by Gasteiger charge is 2.10. The van der Waals surface area contributed by atoms with Gasteiger partial charge in [-0.2, -0.15) is 4.98 Å². The molecule has 1 aromatic heterocycles. The lowest BCUT2D eigenvalue weighted by Gasteiger charge is -2.04. The van der Waals surface area contributed by atoms with E-state index in [1.807, 2.05) is 18.2 Å². The first-order valence-corrected chi connectivity index (χ1v) is 5.65. The quantitative estimate of drug-likeness (QED) is 0.765. The van der Waals surface area contributed by atoms with Gasteiger partial charge in [-0.15, -0.1) is 0 Å². The van der Waals surface area contributed by atoms with E-state index in [1.54, 1.807) is 18.2 Å². The molecule has 1 heterocycles. The Morgan fingerprint density at radius 2 is 1.84 bits per heavy atom. The zero-order valence-electron chi connectivity index (χ0n) is 9.76. The fourth-order valence-electron chi connectivity index (χ4n) is 1.78. The minimum Gasteiger partial charge on any atom is -0.388 e. The lowest BCUT2D eigenvalue weighted by molar-refractivity contribution is 0.516. The van der Waals surface area contributed by atoms with E-state index >= 15 is 0 Å². The molecule has 19 heavy (non-hydrogen) atoms. The molecule has 0 atom stereocenters. The van der Waals surface area contributed by atoms with E-state index in [-0.39, 0.29) is 16.9 Å². The van der Waals surface area contributed by atoms with Crippen LogP contribution < -0.4 is 10.9 Å². The number of aromatic nitrogens is 1. The number of hydrogen-bond donors (Lipinski definition) is 1. The van der Waals surface area contributed by atoms with Gasteiger partial charge in [-0.3, -0.25) is 0 Å². The third-order valence-corrected chi connectivity index (χ3v) is 2.63. The second-order valence-corrected chi connectivity index (χ2v) is 3.93. The summed E-state index contributed by atoms with van der Waals surface area (Å²) in [5.74, 6) is -0.634. The molecule has 0 bridgehead atoms. The van der Waals surface area contributed by atoms with E-state index in [9.17, 15) is 9.18 Å². The highest BCUT2D eigenvalue weighted by atomic mass is 19.1. The molecule has 94 valence electrons. The number of para-hydroxylation sites is 1. The van der Waals surface area contributed by atoms with Gasteiger partial charge < -0.3 is 9.73 Å². The zero-order valence-corrected chi connectivity index (χ0v) is 9.76. The number of rotatable bonds is 2. The largest absolute Gasteiger partial charge is 0.388 e. The SMILES string of the molecule is O=c1oc(Nc2ccccc2)nc2cccc(F)c12. The van der Waals surface area contributed by atoms with Crippen molar-refractivity contribution in [3.8, 4) is 0 Å². The molecule has 0 fully saturated rings. The summed E-state index contributed by atoms with van der Waals surface area (Å²) in [6, 6.07) is 13.4. The Labute approximate surface area is 107 Å². The lowest BCUT2D eigenvalue weighted by atomic mass is 10.2. The third kappa shape index (κ3) is 2.18. The van der Waals surface area contributed by atoms with Crippen LogP contribution in [0.4, 0.5) is 16.1 Å². The summed E-state index contributed by atoms with van der Waals surface area (Å²) >= 11 is 0. The summed E-state index contributed by atoms with van der Waals surface area (Å²) in [6.07, 6.45) is 0. The minimum atomic E-state index is -0.749. The maximum absolute atomic E-state index is 13.5. The van der Waals surface area contributed by atoms with Gasteiger partial charge in [0, 0.05) is 5.69 Å². The number of benzene rings is 2. The highest BCUT2D eigenvalue weighted by Crippen LogP contribution is 2.17. The Balaban J connectivity index is 2.10. The van der Waals surface area contributed by atoms with Crippen molar-refractivity contribution in [3.05, 3.63) is 64.8 Å². The van der Waals surface area contributed by atoms with Crippen molar-refractivity contribution < 1.29 is 8.81 Å². The van der Waals surface area contributed by atoms with E-state index < -0.39 is 11.4 Å². The highest BCUT2D eigenvalue weighted by molar-refractivity contribution is 5.78. The Morgan fingerprint density at radius 1 is 1.05 bits per heavy atom. The van der Waals surface area contributed by atoms with Crippen LogP contribution in [-0.2, 0) is 0 Å². The predicted molar refractivity (Wildman–Crippen MR) is 70.0 cm³/mol. The molecule has 3 aromatic rings. The summed E-state index contributed by atoms with van der Waals surface area (Å²) in [5.41, 5.74) is 0.241. The first kappa shape index (κ1) is 11.4. The lowest BCUT2D eigenvalue weighted by Crippen LogP contribution is -2.06. The fraction of sp³-hybridized carbons (Fsp3) is 0. The molecule has 4 nitrogen and oxygen atoms in total. The van der Waals surface area contributed by atoms with Crippen molar-refractivity contribution in [2.75, 3.05) is 5.32 Å². The molecular weight excluding hydrogens is 247 g/mol. The van der Waals surface area contributed by atoms with Crippen LogP contribution in [0.3, 0.4) is 0 Å². The Hall–Kier alpha value is -2.69. The average Bonchev–Trinajstić information content (AvgIpc) is 2.39. The van der Waals surface area contributed by atoms with Crippen LogP contribution in [-0.4, -0.2) is 4.98 Å². The van der Waals surface area contributed by atoms with Crippen LogP contribution in [0.1, 0.15) is 0 Å². The molecule has 0 saturated heterocycles. The van der Waals surface area contributed by atoms with Gasteiger partial charge in [0.2, 0.25) is 0 Å². The van der Waals surface area contributed by atoms with Gasteiger partial charge in [0.25, 0.3) is 0 Å². The van der Waals surface area contributed by atoms with Gasteiger partial charge in [0.1, 0.15) is 11.2 Å². The Bertz CT molecular complexity index is 784. The average molecular weight is 256 g/mol. The number of anilines is 2. The molecule has 0 unspecified atom stereocenters. The van der Waals surface area contributed by atoms with Crippen molar-refractivity contribution in [1.29, 1.82) is 0 Å². The van der Waals surface area contributed by atoms with Gasteiger partial charge in [-0.05, 0) is 24.3 Å². The second kappa shape index (κ2) is 4.53. The molecule has 0 aliphatic rings. The summed E-state index contributed by atoms with van der Waals surface area (Å²) < 4.78 is 18.4. The molecule has 0 amide bonds. The number of hydrogen-bond acceptors (Lipinski definition) is 4. The van der Waals surface area contributed by atoms with E-state index in [0.29, 0.717) is 0 Å². The second-order valence-electron chi connectivity index (χ2n) is 3.93. The molecule has 5 heteroatoms. The maximum atomic E-state index is 13.5. The first-order valence-electron chi connectivity index (χ1n) is 5.65. The number of halogens is 1. The molecular formula is C14H9FN2O2. The van der Waals surface area contributed by atoms with Crippen LogP contribution in [0.2, 0.25) is 0 Å². The predicted octanol–water partition coefficient (Wildman–Crippen LogP) is 3.07. The molecule has 0 saturated carbocycles. The molecule has 2 aromatic carbocycles. The standard InChI is InChI=1S/C14H9FN2O2/c15-10-7-4-8-11-12(10)13(18)19-14(17-11)16-9-5-2-1-3-6-9/h1-8H,(H,16,17).